The number of likely N-dealkylation sites (tertiary alicyclic amines) is 1. The standard InChI is InChI=1S/C39H56N6O8/c1-38(2,3)31(29(46)24-14-15-24)42-36(51)43-32(39(4,5)6)35(50)45-21-26(53-37(52)44-17-16-23-12-7-8-13-25(23)20-44)19-28(45)34(49)41-27(30(47)33(40)48)18-22-10-9-11-22/h7-8,12-13,22,24,26-28,31-32H,9-11,14-21H2,1-6H3,(H2,40,48)(H,41,49)(H2,42,43,51)/t26-,27?,28+,31-,32-/m1/s1. The van der Waals surface area contributed by atoms with E-state index in [-0.39, 0.29) is 37.0 Å². The normalized spacial score (nSPS) is 22.0. The number of nitrogens with two attached hydrogens (primary N) is 1. The number of rotatable bonds is 12. The Morgan fingerprint density at radius 3 is 2.06 bits per heavy atom. The van der Waals surface area contributed by atoms with Gasteiger partial charge in [0.25, 0.3) is 5.91 Å². The van der Waals surface area contributed by atoms with Crippen molar-refractivity contribution in [2.75, 3.05) is 13.1 Å². The summed E-state index contributed by atoms with van der Waals surface area (Å²) in [5.74, 6) is -3.39. The molecule has 2 aliphatic carbocycles. The third kappa shape index (κ3) is 9.74. The number of hydrogen-bond donors (Lipinski definition) is 4. The number of carbonyl (C=O) groups excluding carboxylic acids is 7. The summed E-state index contributed by atoms with van der Waals surface area (Å²) in [5, 5.41) is 8.29. The highest BCUT2D eigenvalue weighted by atomic mass is 16.6. The first-order valence-electron chi connectivity index (χ1n) is 18.9. The molecule has 5 atom stereocenters. The van der Waals surface area contributed by atoms with E-state index in [0.717, 1.165) is 43.2 Å². The molecule has 53 heavy (non-hydrogen) atoms. The van der Waals surface area contributed by atoms with Crippen LogP contribution in [0.4, 0.5) is 9.59 Å². The van der Waals surface area contributed by atoms with Crippen LogP contribution < -0.4 is 21.7 Å². The number of urea groups is 1. The van der Waals surface area contributed by atoms with Gasteiger partial charge in [-0.25, -0.2) is 9.59 Å². The van der Waals surface area contributed by atoms with Crippen molar-refractivity contribution in [1.82, 2.24) is 25.8 Å². The third-order valence-corrected chi connectivity index (χ3v) is 11.0. The lowest BCUT2D eigenvalue weighted by molar-refractivity contribution is -0.143. The van der Waals surface area contributed by atoms with Crippen molar-refractivity contribution in [2.45, 2.75) is 130 Å². The van der Waals surface area contributed by atoms with Gasteiger partial charge in [0.15, 0.2) is 5.78 Å². The molecule has 0 radical (unpaired) electrons. The molecule has 290 valence electrons. The lowest BCUT2D eigenvalue weighted by Gasteiger charge is -2.37. The van der Waals surface area contributed by atoms with Crippen LogP contribution in [-0.4, -0.2) is 94.6 Å². The number of nitrogens with one attached hydrogen (secondary N) is 3. The number of benzene rings is 1. The summed E-state index contributed by atoms with van der Waals surface area (Å²) in [4.78, 5) is 96.4. The maximum absolute atomic E-state index is 14.6. The fourth-order valence-electron chi connectivity index (χ4n) is 7.41. The van der Waals surface area contributed by atoms with Crippen molar-refractivity contribution < 1.29 is 38.3 Å². The summed E-state index contributed by atoms with van der Waals surface area (Å²) in [6.07, 6.45) is 3.61. The van der Waals surface area contributed by atoms with Crippen molar-refractivity contribution in [3.8, 4) is 0 Å². The van der Waals surface area contributed by atoms with Crippen LogP contribution in [0.2, 0.25) is 0 Å². The summed E-state index contributed by atoms with van der Waals surface area (Å²) >= 11 is 0. The molecule has 5 N–H and O–H groups in total. The zero-order valence-corrected chi connectivity index (χ0v) is 31.9. The van der Waals surface area contributed by atoms with Crippen molar-refractivity contribution in [3.63, 3.8) is 0 Å². The molecule has 0 aromatic heterocycles. The van der Waals surface area contributed by atoms with Gasteiger partial charge >= 0.3 is 12.1 Å². The van der Waals surface area contributed by atoms with Crippen LogP contribution in [0.25, 0.3) is 0 Å². The first-order chi connectivity index (χ1) is 24.8. The van der Waals surface area contributed by atoms with E-state index in [9.17, 15) is 33.6 Å². The fraction of sp³-hybridized carbons (Fsp3) is 0.667. The van der Waals surface area contributed by atoms with Crippen LogP contribution in [0.1, 0.15) is 97.6 Å². The molecule has 3 fully saturated rings. The van der Waals surface area contributed by atoms with Crippen molar-refractivity contribution in [3.05, 3.63) is 35.4 Å². The molecule has 6 amide bonds. The average molecular weight is 737 g/mol. The minimum absolute atomic E-state index is 0.0497. The van der Waals surface area contributed by atoms with Gasteiger partial charge in [0.05, 0.1) is 18.6 Å². The summed E-state index contributed by atoms with van der Waals surface area (Å²) in [6.45, 7) is 11.5. The topological polar surface area (TPSA) is 197 Å². The Bertz CT molecular complexity index is 1610. The Balaban J connectivity index is 1.36. The molecule has 1 unspecified atom stereocenters. The average Bonchev–Trinajstić information content (AvgIpc) is 3.84. The molecule has 1 saturated heterocycles. The molecule has 2 saturated carbocycles. The highest BCUT2D eigenvalue weighted by Gasteiger charge is 2.48. The summed E-state index contributed by atoms with van der Waals surface area (Å²) < 4.78 is 5.93. The van der Waals surface area contributed by atoms with E-state index >= 15 is 0 Å². The fourth-order valence-corrected chi connectivity index (χ4v) is 7.41. The van der Waals surface area contributed by atoms with E-state index in [0.29, 0.717) is 19.5 Å². The molecule has 0 spiro atoms. The summed E-state index contributed by atoms with van der Waals surface area (Å²) in [7, 11) is 0. The lowest BCUT2D eigenvalue weighted by Crippen LogP contribution is -2.62. The predicted octanol–water partition coefficient (Wildman–Crippen LogP) is 2.99. The minimum atomic E-state index is -1.19. The summed E-state index contributed by atoms with van der Waals surface area (Å²) in [5.41, 5.74) is 6.08. The van der Waals surface area contributed by atoms with Crippen LogP contribution in [0.5, 0.6) is 0 Å². The Morgan fingerprint density at radius 1 is 0.868 bits per heavy atom. The largest absolute Gasteiger partial charge is 0.444 e. The van der Waals surface area contributed by atoms with E-state index in [4.69, 9.17) is 10.5 Å². The first kappa shape index (κ1) is 39.7. The predicted molar refractivity (Wildman–Crippen MR) is 195 cm³/mol. The van der Waals surface area contributed by atoms with E-state index in [1.165, 1.54) is 4.90 Å². The maximum atomic E-state index is 14.6. The van der Waals surface area contributed by atoms with Gasteiger partial charge in [-0.15, -0.1) is 0 Å². The van der Waals surface area contributed by atoms with Gasteiger partial charge < -0.3 is 36.2 Å². The van der Waals surface area contributed by atoms with Crippen LogP contribution in [-0.2, 0) is 41.7 Å². The smallest absolute Gasteiger partial charge is 0.410 e. The highest BCUT2D eigenvalue weighted by Crippen LogP contribution is 2.35. The molecule has 5 rings (SSSR count). The number of Topliss-reactive ketones (excluding diaryl/α,β-unsaturated/α-hetero) is 2. The van der Waals surface area contributed by atoms with Gasteiger partial charge in [-0.05, 0) is 53.6 Å². The number of fused-ring (bicyclic) bond motifs is 1. The number of amides is 6. The van der Waals surface area contributed by atoms with Crippen molar-refractivity contribution >= 4 is 41.4 Å². The van der Waals surface area contributed by atoms with Gasteiger partial charge in [-0.2, -0.15) is 0 Å². The monoisotopic (exact) mass is 736 g/mol. The molecule has 1 aromatic carbocycles. The van der Waals surface area contributed by atoms with Gasteiger partial charge in [-0.3, -0.25) is 24.0 Å². The molecular formula is C39H56N6O8. The van der Waals surface area contributed by atoms with Crippen LogP contribution in [0, 0.1) is 22.7 Å². The Labute approximate surface area is 311 Å². The van der Waals surface area contributed by atoms with Crippen LogP contribution >= 0.6 is 0 Å². The zero-order valence-electron chi connectivity index (χ0n) is 31.9. The molecule has 1 aromatic rings. The van der Waals surface area contributed by atoms with Crippen molar-refractivity contribution in [2.24, 2.45) is 28.4 Å². The molecule has 2 aliphatic heterocycles. The number of carbonyl (C=O) groups is 7. The summed E-state index contributed by atoms with van der Waals surface area (Å²) in [6, 6.07) is 2.84. The Hall–Kier alpha value is -4.49. The van der Waals surface area contributed by atoms with Gasteiger partial charge in [0, 0.05) is 25.4 Å². The van der Waals surface area contributed by atoms with Crippen LogP contribution in [0.15, 0.2) is 24.3 Å². The Kier molecular flexibility index (Phi) is 11.9. The number of primary amides is 1. The molecule has 0 bridgehead atoms. The first-order valence-corrected chi connectivity index (χ1v) is 18.9. The number of ketones is 2. The molecule has 2 heterocycles. The quantitative estimate of drug-likeness (QED) is 0.235. The maximum Gasteiger partial charge on any atom is 0.410 e. The SMILES string of the molecule is CC(C)(C)[C@H](NC(=O)N[C@H](C(=O)N1C[C@H](OC(=O)N2CCc3ccccc3C2)C[C@H]1C(=O)NC(CC1CCC1)C(=O)C(N)=O)C(C)(C)C)C(=O)C1CC1. The van der Waals surface area contributed by atoms with Crippen molar-refractivity contribution in [1.29, 1.82) is 0 Å². The second-order valence-electron chi connectivity index (χ2n) is 17.4. The van der Waals surface area contributed by atoms with E-state index in [1.54, 1.807) is 25.7 Å². The zero-order chi connectivity index (χ0) is 38.8. The van der Waals surface area contributed by atoms with E-state index < -0.39 is 76.7 Å². The molecule has 14 nitrogen and oxygen atoms in total. The second kappa shape index (κ2) is 15.9. The number of hydrogen-bond acceptors (Lipinski definition) is 8. The van der Waals surface area contributed by atoms with E-state index in [2.05, 4.69) is 16.0 Å². The lowest BCUT2D eigenvalue weighted by atomic mass is 9.80. The number of nitrogens with zero attached hydrogens (tertiary/aromatic N) is 2. The third-order valence-electron chi connectivity index (χ3n) is 11.0. The number of ether oxygens (including phenoxy) is 1. The minimum Gasteiger partial charge on any atom is -0.444 e. The molecule has 4 aliphatic rings. The highest BCUT2D eigenvalue weighted by molar-refractivity contribution is 6.37. The van der Waals surface area contributed by atoms with Gasteiger partial charge in [-0.1, -0.05) is 85.1 Å². The van der Waals surface area contributed by atoms with Gasteiger partial charge in [0.1, 0.15) is 18.2 Å². The second-order valence-corrected chi connectivity index (χ2v) is 17.4. The van der Waals surface area contributed by atoms with E-state index in [1.807, 2.05) is 45.0 Å². The Morgan fingerprint density at radius 2 is 1.49 bits per heavy atom. The molecular weight excluding hydrogens is 680 g/mol. The molecule has 14 heteroatoms. The van der Waals surface area contributed by atoms with Crippen LogP contribution in [0.3, 0.4) is 0 Å². The van der Waals surface area contributed by atoms with Gasteiger partial charge in [0.2, 0.25) is 17.6 Å².